The Morgan fingerprint density at radius 2 is 0.500 bits per heavy atom. The molecule has 0 spiro atoms. The van der Waals surface area contributed by atoms with Crippen LogP contribution in [0.25, 0.3) is 0 Å². The first kappa shape index (κ1) is 87.0. The van der Waals surface area contributed by atoms with Crippen molar-refractivity contribution in [2.24, 2.45) is 0 Å². The third kappa shape index (κ3) is 71.1. The van der Waals surface area contributed by atoms with Gasteiger partial charge in [-0.2, -0.15) is 0 Å². The van der Waals surface area contributed by atoms with E-state index in [4.69, 9.17) is 19.2 Å². The smallest absolute Gasteiger partial charge is 0.0623 e. The predicted molar refractivity (Wildman–Crippen MR) is 208 cm³/mol. The minimum absolute atomic E-state index is 0. The normalized spacial score (nSPS) is 6.64. The molecule has 0 radical (unpaired) electrons. The van der Waals surface area contributed by atoms with Crippen molar-refractivity contribution >= 4 is 88.3 Å². The fourth-order valence-electron chi connectivity index (χ4n) is 2.65. The van der Waals surface area contributed by atoms with E-state index in [1.54, 1.807) is 0 Å². The second kappa shape index (κ2) is 82.3. The fraction of sp³-hybridized carbons (Fsp3) is 0.225. The largest absolute Gasteiger partial charge is 0.0623 e. The van der Waals surface area contributed by atoms with Crippen molar-refractivity contribution in [3.05, 3.63) is 167 Å². The van der Waals surface area contributed by atoms with Gasteiger partial charge in [0.05, 0.1) is 0 Å². The molecule has 4 aromatic rings. The number of carbonyl (C=O) groups is 4. The van der Waals surface area contributed by atoms with E-state index in [-0.39, 0.29) is 235 Å². The van der Waals surface area contributed by atoms with Gasteiger partial charge in [0.1, 0.15) is 25.1 Å². The second-order valence-corrected chi connectivity index (χ2v) is 7.61. The molecule has 50 heavy (non-hydrogen) atoms. The van der Waals surface area contributed by atoms with Gasteiger partial charge in [0.15, 0.2) is 0 Å². The zero-order valence-corrected chi connectivity index (χ0v) is 53.9. The van der Waals surface area contributed by atoms with Crippen molar-refractivity contribution in [1.29, 1.82) is 0 Å². The van der Waals surface area contributed by atoms with Crippen molar-refractivity contribution in [2.45, 2.75) is 60.8 Å². The Kier molecular flexibility index (Phi) is 143. The number of benzene rings is 4. The summed E-state index contributed by atoms with van der Waals surface area (Å²) in [5, 5.41) is 0. The molecular weight excluding hydrogens is 779 g/mol. The van der Waals surface area contributed by atoms with Crippen molar-refractivity contribution in [2.75, 3.05) is 0 Å². The molecule has 4 aromatic carbocycles. The predicted octanol–water partition coefficient (Wildman–Crippen LogP) is -2.05. The standard InChI is InChI=1S/C15H16.2C6H6.4C2H4O.C2H6.3CH3.6K.H/c1-15(2,13-9-5-3-6-10-13)14-11-7-4-8-12-14;2*1-2-4-6-5-3-1;4*1-2-3;1-2;;;;;;;;;;/h3-12H,1-2H3;2*1-6H;4*2H,1H3;1-2H3;3*1H3;;;;;;;/q;;;;;;;;3*-1;;;4*+1;-1. The van der Waals surface area contributed by atoms with Gasteiger partial charge in [0.2, 0.25) is 0 Å². The van der Waals surface area contributed by atoms with E-state index in [1.807, 2.05) is 86.6 Å². The van der Waals surface area contributed by atoms with Crippen molar-refractivity contribution < 1.29 is 226 Å². The molecule has 4 nitrogen and oxygen atoms in total. The summed E-state index contributed by atoms with van der Waals surface area (Å²) in [7, 11) is 0. The SMILES string of the molecule is CC.CC(C)(c1ccccc1)c1ccccc1.CC=O.CC=O.CC=O.CC=O.[CH3-].[CH3-].[CH3-].[H-].[K+].[K+].[K+].[K+].[K][K].c1ccccc1.c1ccccc1. The molecule has 0 aromatic heterocycles. The van der Waals surface area contributed by atoms with Crippen LogP contribution in [0.1, 0.15) is 67.9 Å². The zero-order chi connectivity index (χ0) is 34.0. The fourth-order valence-corrected chi connectivity index (χ4v) is 2.65. The van der Waals surface area contributed by atoms with Crippen LogP contribution in [0.4, 0.5) is 0 Å². The van der Waals surface area contributed by atoms with E-state index >= 15 is 0 Å². The monoisotopic (exact) mass is 838 g/mol. The maximum atomic E-state index is 8.81. The van der Waals surface area contributed by atoms with Gasteiger partial charge in [-0.25, -0.2) is 0 Å². The van der Waals surface area contributed by atoms with Gasteiger partial charge in [0, 0.05) is 5.41 Å². The van der Waals surface area contributed by atoms with Crippen LogP contribution in [0.15, 0.2) is 133 Å². The van der Waals surface area contributed by atoms with Crippen LogP contribution in [0, 0.1) is 22.3 Å². The van der Waals surface area contributed by atoms with Crippen LogP contribution in [0.3, 0.4) is 0 Å². The van der Waals surface area contributed by atoms with E-state index in [9.17, 15) is 0 Å². The summed E-state index contributed by atoms with van der Waals surface area (Å²) < 4.78 is 0. The average Bonchev–Trinajstić information content (AvgIpc) is 3.08. The van der Waals surface area contributed by atoms with Gasteiger partial charge in [-0.15, -0.1) is 0 Å². The first-order valence-electron chi connectivity index (χ1n) is 14.6. The quantitative estimate of drug-likeness (QED) is 0.133. The van der Waals surface area contributed by atoms with Crippen LogP contribution < -0.4 is 206 Å². The molecule has 0 aliphatic rings. The molecule has 0 heterocycles. The molecule has 4 rings (SSSR count). The van der Waals surface area contributed by atoms with Crippen LogP contribution in [-0.4, -0.2) is 88.3 Å². The summed E-state index contributed by atoms with van der Waals surface area (Å²) in [6.07, 6.45) is 3.00. The average molecular weight is 840 g/mol. The van der Waals surface area contributed by atoms with Crippen LogP contribution >= 0.6 is 0 Å². The molecule has 0 aliphatic heterocycles. The van der Waals surface area contributed by atoms with Gasteiger partial charge in [-0.3, -0.25) is 0 Å². The molecule has 0 fully saturated rings. The van der Waals surface area contributed by atoms with E-state index in [0.717, 1.165) is 25.1 Å². The second-order valence-electron chi connectivity index (χ2n) is 7.61. The topological polar surface area (TPSA) is 68.3 Å². The van der Waals surface area contributed by atoms with E-state index in [2.05, 4.69) is 74.5 Å². The van der Waals surface area contributed by atoms with Crippen LogP contribution in [0.2, 0.25) is 0 Å². The van der Waals surface area contributed by atoms with Crippen molar-refractivity contribution in [3.63, 3.8) is 0 Å². The first-order chi connectivity index (χ1) is 20.9. The van der Waals surface area contributed by atoms with Gasteiger partial charge in [-0.05, 0) is 38.8 Å². The third-order valence-corrected chi connectivity index (χ3v) is 4.32. The number of carbonyl (C=O) groups excluding carboxylic acids is 4. The molecule has 0 atom stereocenters. The summed E-state index contributed by atoms with van der Waals surface area (Å²) in [5.41, 5.74) is 2.80. The van der Waals surface area contributed by atoms with Gasteiger partial charge in [-0.1, -0.05) is 161 Å². The summed E-state index contributed by atoms with van der Waals surface area (Å²) in [4.78, 5) is 35.2. The summed E-state index contributed by atoms with van der Waals surface area (Å²) in [5.74, 6) is 0. The molecule has 10 heteroatoms. The Hall–Kier alpha value is 5.38. The Labute approximate surface area is 527 Å². The van der Waals surface area contributed by atoms with Gasteiger partial charge in [0.25, 0.3) is 0 Å². The summed E-state index contributed by atoms with van der Waals surface area (Å²) in [6.45, 7) is 14.3. The van der Waals surface area contributed by atoms with Crippen molar-refractivity contribution in [1.82, 2.24) is 0 Å². The number of aldehydes is 4. The minimum atomic E-state index is 0. The van der Waals surface area contributed by atoms with E-state index in [1.165, 1.54) is 102 Å². The Bertz CT molecular complexity index is 901. The molecule has 0 aliphatic carbocycles. The zero-order valence-electron chi connectivity index (χ0n) is 36.1. The van der Waals surface area contributed by atoms with Crippen LogP contribution in [0.5, 0.6) is 0 Å². The molecule has 0 saturated heterocycles. The minimum Gasteiger partial charge on any atom is -0.0623 e. The van der Waals surface area contributed by atoms with Gasteiger partial charge < -0.3 is 42.9 Å². The summed E-state index contributed by atoms with van der Waals surface area (Å²) >= 11 is 2.50. The number of rotatable bonds is 2. The van der Waals surface area contributed by atoms with E-state index < -0.39 is 0 Å². The maximum Gasteiger partial charge on any atom is -0.0623 e. The third-order valence-electron chi connectivity index (χ3n) is 4.32. The summed E-state index contributed by atoms with van der Waals surface area (Å²) in [6, 6.07) is 45.3. The first-order valence-corrected chi connectivity index (χ1v) is 30.6. The number of hydrogen-bond acceptors (Lipinski definition) is 4. The Morgan fingerprint density at radius 1 is 0.400 bits per heavy atom. The Morgan fingerprint density at radius 3 is 0.620 bits per heavy atom. The molecule has 0 amide bonds. The number of hydrogen-bond donors (Lipinski definition) is 0. The van der Waals surface area contributed by atoms with E-state index in [0.29, 0.717) is 0 Å². The molecular formula is C40H60K6O4. The molecule has 250 valence electrons. The Balaban J connectivity index is -0.0000000317. The molecule has 0 N–H and O–H groups in total. The van der Waals surface area contributed by atoms with Gasteiger partial charge >= 0.3 is 269 Å². The molecule has 0 unspecified atom stereocenters. The van der Waals surface area contributed by atoms with Crippen molar-refractivity contribution in [3.8, 4) is 0 Å². The molecule has 0 bridgehead atoms. The van der Waals surface area contributed by atoms with Crippen LogP contribution in [-0.2, 0) is 24.6 Å². The maximum absolute atomic E-state index is 8.81. The molecule has 0 saturated carbocycles.